The molecule has 12 heteroatoms. The number of unbranched alkanes of at least 4 members (excludes halogenated alkanes) is 22. The summed E-state index contributed by atoms with van der Waals surface area (Å²) in [5.74, 6) is -3.14. The summed E-state index contributed by atoms with van der Waals surface area (Å²) in [6.07, 6.45) is 48.9. The average Bonchev–Trinajstić information content (AvgIpc) is 3.37. The third-order valence-electron chi connectivity index (χ3n) is 12.8. The van der Waals surface area contributed by atoms with Gasteiger partial charge in [0.2, 0.25) is 0 Å². The second-order valence-electron chi connectivity index (χ2n) is 19.5. The number of carbonyl (C=O) groups is 4. The zero-order valence-electron chi connectivity index (χ0n) is 45.9. The molecule has 1 saturated heterocycles. The Hall–Kier alpha value is -3.84. The molecule has 1 heterocycles. The maximum atomic E-state index is 13.1. The Morgan fingerprint density at radius 2 is 0.863 bits per heavy atom. The standard InChI is InChI=1S/C61H102O12/c1-4-7-10-13-16-19-21-23-25-27-29-31-33-36-38-41-44-47-53(62)69-50-52(71-54(63)48-45-42-40-37-34-32-30-28-26-24-22-20-17-14-11-8-5-2)51-70-61-59(57(66)56(65)58(73-61)60(67)68)72-55(64)49-46-43-39-35-18-15-12-9-6-3/h7-8,10-11,16-17,19-20,23-26,52,56-59,61,65-66H,4-6,9,12-15,18,21-22,27-51H2,1-3H3,(H,67,68)/b10-7-,11-8-,19-16-,20-17-,25-23-,26-24-. The molecule has 1 aliphatic heterocycles. The van der Waals surface area contributed by atoms with Crippen molar-refractivity contribution in [2.24, 2.45) is 0 Å². The van der Waals surface area contributed by atoms with Crippen LogP contribution in [0.1, 0.15) is 239 Å². The number of esters is 3. The molecule has 1 aliphatic rings. The highest BCUT2D eigenvalue weighted by Crippen LogP contribution is 2.26. The third-order valence-corrected chi connectivity index (χ3v) is 12.8. The van der Waals surface area contributed by atoms with Crippen molar-refractivity contribution >= 4 is 23.9 Å². The molecule has 0 aliphatic carbocycles. The van der Waals surface area contributed by atoms with Crippen LogP contribution in [0, 0.1) is 0 Å². The monoisotopic (exact) mass is 1030 g/mol. The maximum Gasteiger partial charge on any atom is 0.335 e. The lowest BCUT2D eigenvalue weighted by Gasteiger charge is -2.40. The smallest absolute Gasteiger partial charge is 0.335 e. The number of hydrogen-bond acceptors (Lipinski definition) is 11. The molecule has 0 saturated carbocycles. The summed E-state index contributed by atoms with van der Waals surface area (Å²) >= 11 is 0. The highest BCUT2D eigenvalue weighted by molar-refractivity contribution is 5.74. The van der Waals surface area contributed by atoms with E-state index in [2.05, 4.69) is 93.7 Å². The van der Waals surface area contributed by atoms with Crippen molar-refractivity contribution in [1.29, 1.82) is 0 Å². The second-order valence-corrected chi connectivity index (χ2v) is 19.5. The van der Waals surface area contributed by atoms with Gasteiger partial charge in [0.1, 0.15) is 18.8 Å². The Balaban J connectivity index is 2.68. The SMILES string of the molecule is CC/C=C\C/C=C\C/C=C\CCCCCCCCCC(=O)OCC(COC1OC(C(=O)O)C(O)C(O)C1OC(=O)CCCCCCCCCCC)OC(=O)CCCCCCCCC/C=C\C/C=C\C/C=C\CC. The minimum absolute atomic E-state index is 0.0579. The number of aliphatic carboxylic acids is 1. The van der Waals surface area contributed by atoms with Crippen molar-refractivity contribution in [1.82, 2.24) is 0 Å². The van der Waals surface area contributed by atoms with Gasteiger partial charge in [-0.2, -0.15) is 0 Å². The van der Waals surface area contributed by atoms with Crippen LogP contribution in [0.5, 0.6) is 0 Å². The van der Waals surface area contributed by atoms with Crippen LogP contribution < -0.4 is 0 Å². The molecular weight excluding hydrogens is 925 g/mol. The van der Waals surface area contributed by atoms with E-state index in [1.165, 1.54) is 32.1 Å². The Morgan fingerprint density at radius 1 is 0.466 bits per heavy atom. The first-order chi connectivity index (χ1) is 35.6. The molecule has 0 aromatic heterocycles. The molecule has 0 spiro atoms. The number of carboxylic acid groups (broad SMARTS) is 1. The van der Waals surface area contributed by atoms with Gasteiger partial charge in [-0.05, 0) is 83.5 Å². The van der Waals surface area contributed by atoms with Gasteiger partial charge in [-0.15, -0.1) is 0 Å². The number of carboxylic acids is 1. The molecule has 0 bridgehead atoms. The fourth-order valence-electron chi connectivity index (χ4n) is 8.40. The van der Waals surface area contributed by atoms with Gasteiger partial charge >= 0.3 is 23.9 Å². The summed E-state index contributed by atoms with van der Waals surface area (Å²) in [6, 6.07) is 0. The average molecular weight is 1030 g/mol. The molecule has 6 atom stereocenters. The molecule has 12 nitrogen and oxygen atoms in total. The Morgan fingerprint density at radius 3 is 1.32 bits per heavy atom. The fraction of sp³-hybridized carbons (Fsp3) is 0.738. The van der Waals surface area contributed by atoms with Crippen LogP contribution in [0.25, 0.3) is 0 Å². The zero-order chi connectivity index (χ0) is 53.3. The van der Waals surface area contributed by atoms with Crippen molar-refractivity contribution in [3.63, 3.8) is 0 Å². The zero-order valence-corrected chi connectivity index (χ0v) is 45.9. The van der Waals surface area contributed by atoms with E-state index < -0.39 is 67.3 Å². The topological polar surface area (TPSA) is 175 Å². The van der Waals surface area contributed by atoms with Crippen LogP contribution >= 0.6 is 0 Å². The Bertz CT molecular complexity index is 1550. The van der Waals surface area contributed by atoms with E-state index in [9.17, 15) is 34.5 Å². The van der Waals surface area contributed by atoms with E-state index >= 15 is 0 Å². The lowest BCUT2D eigenvalue weighted by Crippen LogP contribution is -2.61. The summed E-state index contributed by atoms with van der Waals surface area (Å²) in [5, 5.41) is 31.4. The predicted octanol–water partition coefficient (Wildman–Crippen LogP) is 14.6. The van der Waals surface area contributed by atoms with Crippen LogP contribution in [0.2, 0.25) is 0 Å². The predicted molar refractivity (Wildman–Crippen MR) is 294 cm³/mol. The van der Waals surface area contributed by atoms with E-state index in [4.69, 9.17) is 23.7 Å². The number of ether oxygens (including phenoxy) is 5. The first-order valence-corrected chi connectivity index (χ1v) is 28.9. The normalized spacial score (nSPS) is 18.8. The summed E-state index contributed by atoms with van der Waals surface area (Å²) < 4.78 is 28.4. The van der Waals surface area contributed by atoms with E-state index in [-0.39, 0.29) is 25.9 Å². The molecule has 0 radical (unpaired) electrons. The minimum atomic E-state index is -1.90. The van der Waals surface area contributed by atoms with Gasteiger partial charge in [0.15, 0.2) is 24.6 Å². The van der Waals surface area contributed by atoms with Gasteiger partial charge in [-0.1, -0.05) is 209 Å². The van der Waals surface area contributed by atoms with Crippen molar-refractivity contribution in [3.8, 4) is 0 Å². The van der Waals surface area contributed by atoms with Crippen LogP contribution in [0.4, 0.5) is 0 Å². The van der Waals surface area contributed by atoms with Gasteiger partial charge in [0.25, 0.3) is 0 Å². The number of rotatable bonds is 48. The first-order valence-electron chi connectivity index (χ1n) is 28.9. The molecule has 418 valence electrons. The number of hydrogen-bond donors (Lipinski definition) is 3. The van der Waals surface area contributed by atoms with Gasteiger partial charge in [0, 0.05) is 19.3 Å². The molecule has 1 rings (SSSR count). The lowest BCUT2D eigenvalue weighted by atomic mass is 9.98. The largest absolute Gasteiger partial charge is 0.479 e. The summed E-state index contributed by atoms with van der Waals surface area (Å²) in [5.41, 5.74) is 0. The van der Waals surface area contributed by atoms with Crippen molar-refractivity contribution in [3.05, 3.63) is 72.9 Å². The maximum absolute atomic E-state index is 13.1. The Labute approximate surface area is 442 Å². The van der Waals surface area contributed by atoms with Gasteiger partial charge in [-0.3, -0.25) is 14.4 Å². The van der Waals surface area contributed by atoms with E-state index in [0.29, 0.717) is 19.3 Å². The second kappa shape index (κ2) is 49.1. The summed E-state index contributed by atoms with van der Waals surface area (Å²) in [4.78, 5) is 51.0. The molecule has 0 aromatic carbocycles. The molecule has 73 heavy (non-hydrogen) atoms. The molecule has 0 amide bonds. The molecule has 3 N–H and O–H groups in total. The van der Waals surface area contributed by atoms with Crippen molar-refractivity contribution in [2.45, 2.75) is 276 Å². The summed E-state index contributed by atoms with van der Waals surface area (Å²) in [6.45, 7) is 5.72. The fourth-order valence-corrected chi connectivity index (χ4v) is 8.40. The highest BCUT2D eigenvalue weighted by Gasteiger charge is 2.50. The number of aliphatic hydroxyl groups is 2. The first kappa shape index (κ1) is 67.2. The molecule has 1 fully saturated rings. The minimum Gasteiger partial charge on any atom is -0.479 e. The molecule has 6 unspecified atom stereocenters. The number of aliphatic hydroxyl groups excluding tert-OH is 2. The quantitative estimate of drug-likeness (QED) is 0.0228. The Kier molecular flexibility index (Phi) is 45.1. The van der Waals surface area contributed by atoms with E-state index in [1.54, 1.807) is 0 Å². The number of allylic oxidation sites excluding steroid dienone is 12. The number of carbonyl (C=O) groups excluding carboxylic acids is 3. The van der Waals surface area contributed by atoms with Crippen LogP contribution in [0.15, 0.2) is 72.9 Å². The van der Waals surface area contributed by atoms with Crippen LogP contribution in [-0.4, -0.2) is 89.2 Å². The van der Waals surface area contributed by atoms with Crippen molar-refractivity contribution in [2.75, 3.05) is 13.2 Å². The van der Waals surface area contributed by atoms with E-state index in [1.807, 2.05) is 0 Å². The van der Waals surface area contributed by atoms with Gasteiger partial charge in [0.05, 0.1) is 6.61 Å². The van der Waals surface area contributed by atoms with Crippen LogP contribution in [-0.2, 0) is 42.9 Å². The van der Waals surface area contributed by atoms with Gasteiger partial charge < -0.3 is 39.0 Å². The van der Waals surface area contributed by atoms with E-state index in [0.717, 1.165) is 148 Å². The summed E-state index contributed by atoms with van der Waals surface area (Å²) in [7, 11) is 0. The molecular formula is C61H102O12. The van der Waals surface area contributed by atoms with Crippen LogP contribution in [0.3, 0.4) is 0 Å². The third kappa shape index (κ3) is 39.3. The lowest BCUT2D eigenvalue weighted by molar-refractivity contribution is -0.301. The molecule has 0 aromatic rings. The van der Waals surface area contributed by atoms with Gasteiger partial charge in [-0.25, -0.2) is 4.79 Å². The highest BCUT2D eigenvalue weighted by atomic mass is 16.7. The van der Waals surface area contributed by atoms with Crippen molar-refractivity contribution < 1.29 is 58.2 Å².